The number of nitrogens with zero attached hydrogens (tertiary/aromatic N) is 1. The van der Waals surface area contributed by atoms with Crippen molar-refractivity contribution in [1.29, 1.82) is 0 Å². The van der Waals surface area contributed by atoms with Crippen LogP contribution in [0.5, 0.6) is 0 Å². The molecule has 11 nitrogen and oxygen atoms in total. The van der Waals surface area contributed by atoms with Crippen LogP contribution in [0.3, 0.4) is 0 Å². The molecule has 58 heavy (non-hydrogen) atoms. The molecule has 0 saturated heterocycles. The van der Waals surface area contributed by atoms with Crippen LogP contribution in [0.25, 0.3) is 0 Å². The maximum atomic E-state index is 12.7. The van der Waals surface area contributed by atoms with Gasteiger partial charge in [-0.05, 0) is 57.8 Å². The number of unbranched alkanes of at least 4 members (excludes halogenated alkanes) is 13. The van der Waals surface area contributed by atoms with Gasteiger partial charge in [0.2, 0.25) is 0 Å². The van der Waals surface area contributed by atoms with E-state index < -0.39 is 44.7 Å². The molecule has 0 aromatic rings. The van der Waals surface area contributed by atoms with Gasteiger partial charge in [-0.25, -0.2) is 0 Å². The van der Waals surface area contributed by atoms with Crippen molar-refractivity contribution >= 4 is 19.8 Å². The molecule has 0 aliphatic heterocycles. The van der Waals surface area contributed by atoms with Crippen LogP contribution in [0.4, 0.5) is 0 Å². The van der Waals surface area contributed by atoms with E-state index in [1.54, 1.807) is 18.2 Å². The predicted octanol–water partition coefficient (Wildman–Crippen LogP) is 9.77. The van der Waals surface area contributed by atoms with Crippen molar-refractivity contribution in [1.82, 2.24) is 0 Å². The first-order valence-electron chi connectivity index (χ1n) is 22.2. The summed E-state index contributed by atoms with van der Waals surface area (Å²) in [7, 11) is 1.01. The Balaban J connectivity index is 4.63. The molecule has 0 aromatic heterocycles. The first-order valence-corrected chi connectivity index (χ1v) is 23.7. The van der Waals surface area contributed by atoms with Gasteiger partial charge in [-0.2, -0.15) is 0 Å². The number of quaternary nitrogens is 1. The highest BCUT2D eigenvalue weighted by atomic mass is 31.2. The maximum Gasteiger partial charge on any atom is 0.306 e. The van der Waals surface area contributed by atoms with Crippen LogP contribution < -0.4 is 4.89 Å². The minimum Gasteiger partial charge on any atom is -0.756 e. The van der Waals surface area contributed by atoms with Gasteiger partial charge < -0.3 is 38.1 Å². The fraction of sp³-hybridized carbons (Fsp3) is 0.739. The quantitative estimate of drug-likeness (QED) is 0.0153. The zero-order valence-electron chi connectivity index (χ0n) is 36.9. The van der Waals surface area contributed by atoms with Crippen LogP contribution >= 0.6 is 7.82 Å². The van der Waals surface area contributed by atoms with Crippen LogP contribution in [0.15, 0.2) is 60.8 Å². The summed E-state index contributed by atoms with van der Waals surface area (Å²) in [6.45, 7) is 3.83. The van der Waals surface area contributed by atoms with E-state index in [1.165, 1.54) is 38.5 Å². The molecule has 2 N–H and O–H groups in total. The number of esters is 2. The number of hydrogen-bond donors (Lipinski definition) is 2. The predicted molar refractivity (Wildman–Crippen MR) is 234 cm³/mol. The van der Waals surface area contributed by atoms with Gasteiger partial charge in [-0.15, -0.1) is 0 Å². The second-order valence-corrected chi connectivity index (χ2v) is 17.5. The van der Waals surface area contributed by atoms with Gasteiger partial charge in [0, 0.05) is 12.8 Å². The van der Waals surface area contributed by atoms with Crippen molar-refractivity contribution in [3.63, 3.8) is 0 Å². The van der Waals surface area contributed by atoms with Crippen molar-refractivity contribution in [3.8, 4) is 0 Å². The molecular formula is C46H82NO10P. The lowest BCUT2D eigenvalue weighted by Gasteiger charge is -2.28. The SMILES string of the molecule is CCCCCCCC/C=C\CCCCCCCC(=O)OC[C@H](COP(=O)([O-])OCC[N+](C)(C)C)OC(=O)CCC[C@H](O)/C=C/C=C\C/C=C\C=C\[C@H](O)CCCCC. The van der Waals surface area contributed by atoms with E-state index >= 15 is 0 Å². The number of aliphatic hydroxyl groups is 2. The van der Waals surface area contributed by atoms with Gasteiger partial charge in [0.25, 0.3) is 7.82 Å². The normalized spacial score (nSPS) is 15.2. The summed E-state index contributed by atoms with van der Waals surface area (Å²) in [5, 5.41) is 20.2. The van der Waals surface area contributed by atoms with Gasteiger partial charge in [-0.3, -0.25) is 14.2 Å². The summed E-state index contributed by atoms with van der Waals surface area (Å²) < 4.78 is 33.7. The Kier molecular flexibility index (Phi) is 36.1. The fourth-order valence-electron chi connectivity index (χ4n) is 5.63. The number of ether oxygens (including phenoxy) is 2. The Hall–Kier alpha value is -2.37. The van der Waals surface area contributed by atoms with Crippen molar-refractivity contribution in [2.45, 2.75) is 173 Å². The zero-order chi connectivity index (χ0) is 43.2. The lowest BCUT2D eigenvalue weighted by molar-refractivity contribution is -0.870. The number of aliphatic hydroxyl groups excluding tert-OH is 2. The number of hydrogen-bond acceptors (Lipinski definition) is 10. The number of phosphoric acid groups is 1. The molecule has 0 fully saturated rings. The molecule has 0 aliphatic carbocycles. The highest BCUT2D eigenvalue weighted by Crippen LogP contribution is 2.38. The highest BCUT2D eigenvalue weighted by molar-refractivity contribution is 7.45. The molecule has 0 bridgehead atoms. The molecule has 0 rings (SSSR count). The summed E-state index contributed by atoms with van der Waals surface area (Å²) in [5.41, 5.74) is 0. The average molecular weight is 840 g/mol. The third-order valence-electron chi connectivity index (χ3n) is 9.22. The second kappa shape index (κ2) is 37.6. The van der Waals surface area contributed by atoms with Crippen molar-refractivity contribution in [3.05, 3.63) is 60.8 Å². The van der Waals surface area contributed by atoms with E-state index in [2.05, 4.69) is 26.0 Å². The molecule has 336 valence electrons. The average Bonchev–Trinajstić information content (AvgIpc) is 3.16. The summed E-state index contributed by atoms with van der Waals surface area (Å²) in [5.74, 6) is -1.08. The van der Waals surface area contributed by atoms with Crippen LogP contribution in [0.2, 0.25) is 0 Å². The summed E-state index contributed by atoms with van der Waals surface area (Å²) in [4.78, 5) is 37.5. The van der Waals surface area contributed by atoms with Crippen molar-refractivity contribution < 1.29 is 52.3 Å². The van der Waals surface area contributed by atoms with E-state index in [-0.39, 0.29) is 26.1 Å². The van der Waals surface area contributed by atoms with Crippen LogP contribution in [-0.2, 0) is 32.7 Å². The van der Waals surface area contributed by atoms with Crippen LogP contribution in [0, 0.1) is 0 Å². The minimum absolute atomic E-state index is 0.0270. The number of phosphoric ester groups is 1. The first-order chi connectivity index (χ1) is 27.8. The van der Waals surface area contributed by atoms with Gasteiger partial charge >= 0.3 is 11.9 Å². The van der Waals surface area contributed by atoms with E-state index in [9.17, 15) is 29.3 Å². The number of carbonyl (C=O) groups is 2. The number of rotatable bonds is 39. The van der Waals surface area contributed by atoms with E-state index in [0.717, 1.165) is 64.2 Å². The topological polar surface area (TPSA) is 152 Å². The van der Waals surface area contributed by atoms with Gasteiger partial charge in [0.1, 0.15) is 19.8 Å². The second-order valence-electron chi connectivity index (χ2n) is 16.1. The van der Waals surface area contributed by atoms with Gasteiger partial charge in [0.15, 0.2) is 6.10 Å². The summed E-state index contributed by atoms with van der Waals surface area (Å²) >= 11 is 0. The van der Waals surface area contributed by atoms with E-state index in [0.29, 0.717) is 36.7 Å². The largest absolute Gasteiger partial charge is 0.756 e. The maximum absolute atomic E-state index is 12.7. The minimum atomic E-state index is -4.69. The first kappa shape index (κ1) is 55.6. The van der Waals surface area contributed by atoms with E-state index in [1.807, 2.05) is 51.5 Å². The monoisotopic (exact) mass is 840 g/mol. The third-order valence-corrected chi connectivity index (χ3v) is 10.2. The Morgan fingerprint density at radius 3 is 1.74 bits per heavy atom. The molecular weight excluding hydrogens is 757 g/mol. The zero-order valence-corrected chi connectivity index (χ0v) is 37.8. The Morgan fingerprint density at radius 2 is 1.16 bits per heavy atom. The Bertz CT molecular complexity index is 1210. The molecule has 0 aliphatic rings. The number of allylic oxidation sites excluding steroid dienone is 8. The molecule has 1 unspecified atom stereocenters. The van der Waals surface area contributed by atoms with E-state index in [4.69, 9.17) is 18.5 Å². The lowest BCUT2D eigenvalue weighted by atomic mass is 10.1. The Morgan fingerprint density at radius 1 is 0.638 bits per heavy atom. The summed E-state index contributed by atoms with van der Waals surface area (Å²) in [6, 6.07) is 0. The molecule has 0 spiro atoms. The third kappa shape index (κ3) is 40.4. The lowest BCUT2D eigenvalue weighted by Crippen LogP contribution is -2.37. The highest BCUT2D eigenvalue weighted by Gasteiger charge is 2.22. The van der Waals surface area contributed by atoms with Gasteiger partial charge in [0.05, 0.1) is 40.0 Å². The molecule has 4 atom stereocenters. The molecule has 0 radical (unpaired) electrons. The molecule has 0 heterocycles. The summed E-state index contributed by atoms with van der Waals surface area (Å²) in [6.07, 6.45) is 37.5. The van der Waals surface area contributed by atoms with Gasteiger partial charge in [-0.1, -0.05) is 145 Å². The number of carbonyl (C=O) groups excluding carboxylic acids is 2. The van der Waals surface area contributed by atoms with Crippen LogP contribution in [-0.4, -0.2) is 92.5 Å². The fourth-order valence-corrected chi connectivity index (χ4v) is 6.36. The molecule has 0 aromatic carbocycles. The van der Waals surface area contributed by atoms with Crippen LogP contribution in [0.1, 0.15) is 155 Å². The molecule has 12 heteroatoms. The van der Waals surface area contributed by atoms with Crippen molar-refractivity contribution in [2.75, 3.05) is 47.5 Å². The standard InChI is InChI=1S/C46H82NO10P/c1-6-8-10-11-12-13-14-15-16-17-18-19-23-26-30-36-45(50)54-40-44(41-56-58(52,53)55-39-38-47(3,4)5)57-46(51)37-31-35-43(49)34-29-25-22-20-21-24-28-33-42(48)32-27-9-7-2/h15-16,21-22,24-25,28-29,33-34,42-44,48-49H,6-14,17-20,23,26-27,30-32,35-41H2,1-5H3/b16-15-,24-21-,25-22-,33-28+,34-29+/t42-,43-,44-/m1/s1. The molecule has 0 amide bonds. The Labute approximate surface area is 352 Å². The smallest absolute Gasteiger partial charge is 0.306 e. The molecule has 0 saturated carbocycles. The van der Waals surface area contributed by atoms with Crippen molar-refractivity contribution in [2.24, 2.45) is 0 Å². The number of likely N-dealkylation sites (N-methyl/N-ethyl adjacent to an activating group) is 1.